The number of hydrogen-bond acceptors (Lipinski definition) is 0. The van der Waals surface area contributed by atoms with Gasteiger partial charge >= 0.3 is 0 Å². The van der Waals surface area contributed by atoms with Crippen molar-refractivity contribution in [3.05, 3.63) is 27.9 Å². The first kappa shape index (κ1) is 8.36. The van der Waals surface area contributed by atoms with E-state index in [2.05, 4.69) is 43.1 Å². The van der Waals surface area contributed by atoms with Crippen molar-refractivity contribution in [1.82, 2.24) is 4.98 Å². The van der Waals surface area contributed by atoms with Gasteiger partial charge in [-0.2, -0.15) is 0 Å². The van der Waals surface area contributed by atoms with Crippen LogP contribution in [0.2, 0.25) is 0 Å². The number of hydrogen-bond donors (Lipinski definition) is 1. The van der Waals surface area contributed by atoms with E-state index in [0.29, 0.717) is 0 Å². The zero-order valence-electron chi connectivity index (χ0n) is 8.22. The molecule has 2 rings (SSSR count). The van der Waals surface area contributed by atoms with Gasteiger partial charge in [-0.05, 0) is 26.7 Å². The number of rotatable bonds is 1. The average Bonchev–Trinajstić information content (AvgIpc) is 2.44. The van der Waals surface area contributed by atoms with Crippen molar-refractivity contribution >= 4 is 18.2 Å². The van der Waals surface area contributed by atoms with E-state index in [-0.39, 0.29) is 0 Å². The predicted octanol–water partition coefficient (Wildman–Crippen LogP) is 1.71. The second-order valence-corrected chi connectivity index (χ2v) is 3.48. The Morgan fingerprint density at radius 3 is 2.85 bits per heavy atom. The Bertz CT molecular complexity index is 446. The monoisotopic (exact) mass is 173 g/mol. The van der Waals surface area contributed by atoms with Gasteiger partial charge in [0.05, 0.1) is 0 Å². The van der Waals surface area contributed by atoms with Crippen molar-refractivity contribution in [2.45, 2.75) is 26.7 Å². The lowest BCUT2D eigenvalue weighted by Gasteiger charge is -1.94. The van der Waals surface area contributed by atoms with Crippen LogP contribution in [-0.2, 0) is 0 Å². The number of nitrogens with one attached hydrogen (secondary N) is 1. The van der Waals surface area contributed by atoms with E-state index in [0.717, 1.165) is 0 Å². The van der Waals surface area contributed by atoms with Gasteiger partial charge in [0.15, 0.2) is 0 Å². The number of aryl methyl sites for hydroxylation is 1. The summed E-state index contributed by atoms with van der Waals surface area (Å²) in [6.45, 7) is 4.20. The minimum absolute atomic E-state index is 1.17. The van der Waals surface area contributed by atoms with Gasteiger partial charge in [0.25, 0.3) is 0 Å². The third-order valence-corrected chi connectivity index (χ3v) is 2.50. The minimum Gasteiger partial charge on any atom is -0.358 e. The van der Waals surface area contributed by atoms with Gasteiger partial charge < -0.3 is 4.98 Å². The zero-order valence-corrected chi connectivity index (χ0v) is 8.22. The fourth-order valence-electron chi connectivity index (χ4n) is 1.90. The normalized spacial score (nSPS) is 15.2. The molecule has 1 aliphatic rings. The number of aromatic amines is 1. The fraction of sp³-hybridized carbons (Fsp3) is 0.333. The van der Waals surface area contributed by atoms with Crippen LogP contribution in [0.5, 0.6) is 0 Å². The summed E-state index contributed by atoms with van der Waals surface area (Å²) in [5, 5.41) is 2.69. The fourth-order valence-corrected chi connectivity index (χ4v) is 1.90. The highest BCUT2D eigenvalue weighted by Crippen LogP contribution is 2.03. The number of aromatic nitrogens is 1. The minimum atomic E-state index is 1.17. The summed E-state index contributed by atoms with van der Waals surface area (Å²) < 4.78 is 0. The summed E-state index contributed by atoms with van der Waals surface area (Å²) in [6.07, 6.45) is 11.2. The summed E-state index contributed by atoms with van der Waals surface area (Å²) in [5.74, 6) is 0. The van der Waals surface area contributed by atoms with Gasteiger partial charge in [-0.25, -0.2) is 0 Å². The van der Waals surface area contributed by atoms with E-state index in [4.69, 9.17) is 0 Å². The van der Waals surface area contributed by atoms with Crippen LogP contribution in [-0.4, -0.2) is 4.98 Å². The van der Waals surface area contributed by atoms with Crippen LogP contribution in [0.3, 0.4) is 0 Å². The lowest BCUT2D eigenvalue weighted by atomic mass is 10.1. The molecule has 0 spiro atoms. The van der Waals surface area contributed by atoms with E-state index in [1.165, 1.54) is 34.7 Å². The van der Waals surface area contributed by atoms with Gasteiger partial charge in [-0.3, -0.25) is 0 Å². The lowest BCUT2D eigenvalue weighted by molar-refractivity contribution is 1.09. The Morgan fingerprint density at radius 1 is 1.31 bits per heavy atom. The van der Waals surface area contributed by atoms with Crippen LogP contribution < -0.4 is 10.6 Å². The molecule has 0 saturated heterocycles. The second-order valence-electron chi connectivity index (χ2n) is 3.48. The molecule has 0 atom stereocenters. The van der Waals surface area contributed by atoms with E-state index in [1.54, 1.807) is 0 Å². The summed E-state index contributed by atoms with van der Waals surface area (Å²) in [6, 6.07) is 0. The van der Waals surface area contributed by atoms with Crippen molar-refractivity contribution in [2.24, 2.45) is 0 Å². The van der Waals surface area contributed by atoms with E-state index in [9.17, 15) is 0 Å². The Hall–Kier alpha value is -1.24. The van der Waals surface area contributed by atoms with Crippen molar-refractivity contribution < 1.29 is 0 Å². The Morgan fingerprint density at radius 2 is 2.08 bits per heavy atom. The molecule has 13 heavy (non-hydrogen) atoms. The van der Waals surface area contributed by atoms with Crippen LogP contribution in [0.15, 0.2) is 6.08 Å². The van der Waals surface area contributed by atoms with Crippen LogP contribution in [0.1, 0.15) is 31.0 Å². The van der Waals surface area contributed by atoms with Crippen molar-refractivity contribution in [1.29, 1.82) is 0 Å². The topological polar surface area (TPSA) is 15.8 Å². The Labute approximate surface area is 78.5 Å². The second kappa shape index (κ2) is 3.25. The van der Waals surface area contributed by atoms with E-state index < -0.39 is 0 Å². The molecule has 1 N–H and O–H groups in total. The summed E-state index contributed by atoms with van der Waals surface area (Å²) in [7, 11) is 0. The molecule has 1 nitrogen and oxygen atoms in total. The molecule has 0 aromatic carbocycles. The smallest absolute Gasteiger partial charge is 0.0418 e. The van der Waals surface area contributed by atoms with Crippen molar-refractivity contribution in [3.63, 3.8) is 0 Å². The quantitative estimate of drug-likeness (QED) is 0.665. The average molecular weight is 173 g/mol. The molecular formula is C12H15N. The first-order valence-corrected chi connectivity index (χ1v) is 4.84. The zero-order chi connectivity index (χ0) is 9.26. The van der Waals surface area contributed by atoms with Gasteiger partial charge in [-0.1, -0.05) is 24.3 Å². The molecule has 68 valence electrons. The number of H-pyrrole nitrogens is 1. The van der Waals surface area contributed by atoms with Crippen LogP contribution >= 0.6 is 0 Å². The lowest BCUT2D eigenvalue weighted by Crippen LogP contribution is -2.25. The summed E-state index contributed by atoms with van der Waals surface area (Å²) in [5.41, 5.74) is 2.63. The standard InChI is InChI=1S/C12H15N/c1-3-6-10-9(2)13-12-8-5-4-7-11(10)12/h3,6-8,13H,4-5H2,1-2H3/b6-3-. The molecule has 1 aliphatic carbocycles. The highest BCUT2D eigenvalue weighted by atomic mass is 14.7. The molecule has 0 saturated carbocycles. The highest BCUT2D eigenvalue weighted by molar-refractivity contribution is 5.56. The predicted molar refractivity (Wildman–Crippen MR) is 57.7 cm³/mol. The maximum Gasteiger partial charge on any atom is 0.0418 e. The Kier molecular flexibility index (Phi) is 2.09. The molecule has 1 aromatic rings. The molecule has 0 amide bonds. The third kappa shape index (κ3) is 1.35. The van der Waals surface area contributed by atoms with Gasteiger partial charge in [0.1, 0.15) is 0 Å². The van der Waals surface area contributed by atoms with Crippen molar-refractivity contribution in [3.8, 4) is 0 Å². The Balaban J connectivity index is 2.76. The van der Waals surface area contributed by atoms with Crippen molar-refractivity contribution in [2.75, 3.05) is 0 Å². The molecule has 0 unspecified atom stereocenters. The molecule has 0 radical (unpaired) electrons. The maximum atomic E-state index is 3.41. The molecule has 1 heterocycles. The molecule has 0 fully saturated rings. The number of allylic oxidation sites excluding steroid dienone is 1. The number of fused-ring (bicyclic) bond motifs is 1. The molecule has 0 bridgehead atoms. The highest BCUT2D eigenvalue weighted by Gasteiger charge is 2.03. The van der Waals surface area contributed by atoms with Crippen LogP contribution in [0.4, 0.5) is 0 Å². The molecular weight excluding hydrogens is 158 g/mol. The van der Waals surface area contributed by atoms with Crippen LogP contribution in [0.25, 0.3) is 18.2 Å². The third-order valence-electron chi connectivity index (χ3n) is 2.50. The largest absolute Gasteiger partial charge is 0.358 e. The van der Waals surface area contributed by atoms with E-state index in [1.807, 2.05) is 0 Å². The van der Waals surface area contributed by atoms with Gasteiger partial charge in [-0.15, -0.1) is 0 Å². The molecule has 0 aliphatic heterocycles. The molecule has 1 aromatic heterocycles. The first-order valence-electron chi connectivity index (χ1n) is 4.84. The summed E-state index contributed by atoms with van der Waals surface area (Å²) in [4.78, 5) is 3.41. The van der Waals surface area contributed by atoms with Crippen LogP contribution in [0, 0.1) is 6.92 Å². The van der Waals surface area contributed by atoms with Gasteiger partial charge in [0.2, 0.25) is 0 Å². The van der Waals surface area contributed by atoms with Gasteiger partial charge in [0, 0.05) is 21.8 Å². The first-order chi connectivity index (χ1) is 6.33. The SMILES string of the molecule is C/C=C\c1c(C)[nH]c2c1=CCCC=2. The van der Waals surface area contributed by atoms with E-state index >= 15 is 0 Å². The molecule has 1 heteroatoms. The maximum absolute atomic E-state index is 3.41. The summed E-state index contributed by atoms with van der Waals surface area (Å²) >= 11 is 0.